The fourth-order valence-corrected chi connectivity index (χ4v) is 2.63. The van der Waals surface area contributed by atoms with Gasteiger partial charge in [-0.15, -0.1) is 0 Å². The van der Waals surface area contributed by atoms with Crippen molar-refractivity contribution in [2.24, 2.45) is 0 Å². The van der Waals surface area contributed by atoms with E-state index < -0.39 is 23.6 Å². The summed E-state index contributed by atoms with van der Waals surface area (Å²) in [6, 6.07) is 9.15. The van der Waals surface area contributed by atoms with Crippen molar-refractivity contribution in [3.8, 4) is 0 Å². The molecule has 3 aromatic rings. The van der Waals surface area contributed by atoms with Crippen LogP contribution in [0.2, 0.25) is 0 Å². The number of anilines is 1. The monoisotopic (exact) mass is 377 g/mol. The molecule has 0 fully saturated rings. The number of carbonyl (C=O) groups is 1. The van der Waals surface area contributed by atoms with Crippen LogP contribution in [0.3, 0.4) is 0 Å². The number of carbonyl (C=O) groups excluding carboxylic acids is 1. The number of rotatable bonds is 3. The molecule has 0 spiro atoms. The average Bonchev–Trinajstić information content (AvgIpc) is 2.60. The van der Waals surface area contributed by atoms with Crippen LogP contribution in [-0.2, 0) is 12.7 Å². The lowest BCUT2D eigenvalue weighted by Crippen LogP contribution is -2.28. The number of benzene rings is 2. The molecule has 4 nitrogen and oxygen atoms in total. The van der Waals surface area contributed by atoms with Crippen molar-refractivity contribution in [2.75, 3.05) is 5.32 Å². The standard InChI is InChI=1S/C19H15F4N3O/c1-11-7-14-13(10-24-11)3-2-4-17(14)26-18(27)25-9-12-5-6-16(20)15(8-12)19(21,22)23/h2-8,10H,9H2,1H3,(H2,25,26,27). The summed E-state index contributed by atoms with van der Waals surface area (Å²) in [6.07, 6.45) is -3.11. The molecule has 0 unspecified atom stereocenters. The Hall–Kier alpha value is -3.16. The van der Waals surface area contributed by atoms with Gasteiger partial charge in [-0.05, 0) is 36.8 Å². The Labute approximate surface area is 152 Å². The Morgan fingerprint density at radius 3 is 2.67 bits per heavy atom. The average molecular weight is 377 g/mol. The van der Waals surface area contributed by atoms with Crippen LogP contribution in [0.1, 0.15) is 16.8 Å². The number of hydrogen-bond acceptors (Lipinski definition) is 2. The molecule has 0 aliphatic heterocycles. The van der Waals surface area contributed by atoms with Crippen LogP contribution in [-0.4, -0.2) is 11.0 Å². The predicted molar refractivity (Wildman–Crippen MR) is 93.7 cm³/mol. The second-order valence-electron chi connectivity index (χ2n) is 5.97. The molecule has 0 atom stereocenters. The third-order valence-electron chi connectivity index (χ3n) is 3.94. The molecule has 2 N–H and O–H groups in total. The lowest BCUT2D eigenvalue weighted by atomic mass is 10.1. The first-order valence-corrected chi connectivity index (χ1v) is 8.00. The number of amides is 2. The zero-order valence-electron chi connectivity index (χ0n) is 14.2. The number of nitrogens with one attached hydrogen (secondary N) is 2. The molecule has 0 saturated heterocycles. The van der Waals surface area contributed by atoms with E-state index in [2.05, 4.69) is 15.6 Å². The maximum absolute atomic E-state index is 13.3. The number of pyridine rings is 1. The lowest BCUT2D eigenvalue weighted by molar-refractivity contribution is -0.140. The summed E-state index contributed by atoms with van der Waals surface area (Å²) in [4.78, 5) is 16.3. The molecular formula is C19H15F4N3O. The van der Waals surface area contributed by atoms with Gasteiger partial charge in [0.2, 0.25) is 0 Å². The van der Waals surface area contributed by atoms with Gasteiger partial charge in [-0.3, -0.25) is 4.98 Å². The number of fused-ring (bicyclic) bond motifs is 1. The molecule has 0 radical (unpaired) electrons. The Kier molecular flexibility index (Phi) is 4.98. The minimum atomic E-state index is -4.79. The second-order valence-corrected chi connectivity index (χ2v) is 5.97. The smallest absolute Gasteiger partial charge is 0.334 e. The Morgan fingerprint density at radius 1 is 1.15 bits per heavy atom. The van der Waals surface area contributed by atoms with Crippen molar-refractivity contribution >= 4 is 22.5 Å². The molecule has 0 bridgehead atoms. The molecule has 2 aromatic carbocycles. The van der Waals surface area contributed by atoms with Crippen molar-refractivity contribution in [3.63, 3.8) is 0 Å². The molecule has 0 saturated carbocycles. The molecule has 3 rings (SSSR count). The maximum atomic E-state index is 13.3. The van der Waals surface area contributed by atoms with Crippen molar-refractivity contribution in [2.45, 2.75) is 19.6 Å². The molecular weight excluding hydrogens is 362 g/mol. The lowest BCUT2D eigenvalue weighted by Gasteiger charge is -2.12. The number of hydrogen-bond donors (Lipinski definition) is 2. The normalized spacial score (nSPS) is 11.4. The summed E-state index contributed by atoms with van der Waals surface area (Å²) in [6.45, 7) is 1.64. The first-order valence-electron chi connectivity index (χ1n) is 8.00. The van der Waals surface area contributed by atoms with Crippen molar-refractivity contribution < 1.29 is 22.4 Å². The molecule has 2 amide bonds. The Balaban J connectivity index is 1.72. The molecule has 27 heavy (non-hydrogen) atoms. The highest BCUT2D eigenvalue weighted by atomic mass is 19.4. The van der Waals surface area contributed by atoms with E-state index in [0.29, 0.717) is 11.8 Å². The quantitative estimate of drug-likeness (QED) is 0.630. The summed E-state index contributed by atoms with van der Waals surface area (Å²) >= 11 is 0. The second kappa shape index (κ2) is 7.22. The van der Waals surface area contributed by atoms with Gasteiger partial charge in [-0.2, -0.15) is 13.2 Å². The largest absolute Gasteiger partial charge is 0.419 e. The van der Waals surface area contributed by atoms with E-state index in [1.54, 1.807) is 18.3 Å². The van der Waals surface area contributed by atoms with Crippen LogP contribution in [0.25, 0.3) is 10.8 Å². The Morgan fingerprint density at radius 2 is 1.93 bits per heavy atom. The first kappa shape index (κ1) is 18.6. The topological polar surface area (TPSA) is 54.0 Å². The van der Waals surface area contributed by atoms with Gasteiger partial charge >= 0.3 is 12.2 Å². The fourth-order valence-electron chi connectivity index (χ4n) is 2.63. The van der Waals surface area contributed by atoms with E-state index in [1.165, 1.54) is 6.07 Å². The Bertz CT molecular complexity index is 1000. The SMILES string of the molecule is Cc1cc2c(NC(=O)NCc3ccc(F)c(C(F)(F)F)c3)cccc2cn1. The van der Waals surface area contributed by atoms with E-state index in [9.17, 15) is 22.4 Å². The molecule has 140 valence electrons. The van der Waals surface area contributed by atoms with Gasteiger partial charge in [0.25, 0.3) is 0 Å². The highest BCUT2D eigenvalue weighted by molar-refractivity contribution is 6.01. The number of halogens is 4. The van der Waals surface area contributed by atoms with Gasteiger partial charge in [0.05, 0.1) is 11.3 Å². The molecule has 0 aliphatic carbocycles. The zero-order chi connectivity index (χ0) is 19.6. The van der Waals surface area contributed by atoms with Crippen LogP contribution in [0, 0.1) is 12.7 Å². The number of aromatic nitrogens is 1. The minimum Gasteiger partial charge on any atom is -0.334 e. The van der Waals surface area contributed by atoms with Crippen molar-refractivity contribution in [1.82, 2.24) is 10.3 Å². The summed E-state index contributed by atoms with van der Waals surface area (Å²) in [5.41, 5.74) is 0.102. The molecule has 8 heteroatoms. The van der Waals surface area contributed by atoms with Crippen LogP contribution >= 0.6 is 0 Å². The third-order valence-corrected chi connectivity index (χ3v) is 3.94. The molecule has 1 heterocycles. The fraction of sp³-hybridized carbons (Fsp3) is 0.158. The van der Waals surface area contributed by atoms with Gasteiger partial charge in [0, 0.05) is 29.2 Å². The van der Waals surface area contributed by atoms with Crippen LogP contribution < -0.4 is 10.6 Å². The van der Waals surface area contributed by atoms with Gasteiger partial charge in [-0.1, -0.05) is 18.2 Å². The summed E-state index contributed by atoms with van der Waals surface area (Å²) in [7, 11) is 0. The minimum absolute atomic E-state index is 0.136. The number of alkyl halides is 3. The zero-order valence-corrected chi connectivity index (χ0v) is 14.2. The third kappa shape index (κ3) is 4.33. The number of urea groups is 1. The van der Waals surface area contributed by atoms with Crippen molar-refractivity contribution in [1.29, 1.82) is 0 Å². The van der Waals surface area contributed by atoms with Gasteiger partial charge < -0.3 is 10.6 Å². The molecule has 0 aliphatic rings. The van der Waals surface area contributed by atoms with Gasteiger partial charge in [-0.25, -0.2) is 9.18 Å². The van der Waals surface area contributed by atoms with Crippen molar-refractivity contribution in [3.05, 3.63) is 71.3 Å². The summed E-state index contributed by atoms with van der Waals surface area (Å²) in [5, 5.41) is 6.77. The van der Waals surface area contributed by atoms with Crippen LogP contribution in [0.4, 0.5) is 28.0 Å². The van der Waals surface area contributed by atoms with Crippen LogP contribution in [0.15, 0.2) is 48.7 Å². The highest BCUT2D eigenvalue weighted by Crippen LogP contribution is 2.31. The van der Waals surface area contributed by atoms with Gasteiger partial charge in [0.1, 0.15) is 5.82 Å². The first-order chi connectivity index (χ1) is 12.7. The van der Waals surface area contributed by atoms with E-state index in [4.69, 9.17) is 0 Å². The van der Waals surface area contributed by atoms with Crippen LogP contribution in [0.5, 0.6) is 0 Å². The van der Waals surface area contributed by atoms with E-state index in [1.807, 2.05) is 19.1 Å². The molecule has 1 aromatic heterocycles. The predicted octanol–water partition coefficient (Wildman–Crippen LogP) is 5.02. The summed E-state index contributed by atoms with van der Waals surface area (Å²) < 4.78 is 51.6. The number of nitrogens with zero attached hydrogens (tertiary/aromatic N) is 1. The van der Waals surface area contributed by atoms with E-state index >= 15 is 0 Å². The summed E-state index contributed by atoms with van der Waals surface area (Å²) in [5.74, 6) is -1.35. The van der Waals surface area contributed by atoms with E-state index in [0.717, 1.165) is 22.5 Å². The maximum Gasteiger partial charge on any atom is 0.419 e. The van der Waals surface area contributed by atoms with Gasteiger partial charge in [0.15, 0.2) is 0 Å². The van der Waals surface area contributed by atoms with E-state index in [-0.39, 0.29) is 12.1 Å². The highest BCUT2D eigenvalue weighted by Gasteiger charge is 2.34. The number of aryl methyl sites for hydroxylation is 1.